The van der Waals surface area contributed by atoms with E-state index in [0.29, 0.717) is 13.0 Å². The Labute approximate surface area is 122 Å². The SMILES string of the molecule is O=C(O)CCCCCCNC(=O)c1cccc([N+](=O)[O-])c1. The van der Waals surface area contributed by atoms with Gasteiger partial charge >= 0.3 is 5.97 Å². The Morgan fingerprint density at radius 1 is 1.19 bits per heavy atom. The van der Waals surface area contributed by atoms with Crippen molar-refractivity contribution in [3.05, 3.63) is 39.9 Å². The Morgan fingerprint density at radius 3 is 2.57 bits per heavy atom. The molecule has 0 aromatic heterocycles. The van der Waals surface area contributed by atoms with E-state index in [1.54, 1.807) is 0 Å². The summed E-state index contributed by atoms with van der Waals surface area (Å²) in [6.07, 6.45) is 3.19. The minimum atomic E-state index is -0.797. The number of nitrogens with zero attached hydrogens (tertiary/aromatic N) is 1. The summed E-state index contributed by atoms with van der Waals surface area (Å²) >= 11 is 0. The molecule has 0 saturated heterocycles. The van der Waals surface area contributed by atoms with Crippen LogP contribution < -0.4 is 5.32 Å². The molecule has 7 nitrogen and oxygen atoms in total. The first-order chi connectivity index (χ1) is 10.0. The van der Waals surface area contributed by atoms with E-state index >= 15 is 0 Å². The minimum absolute atomic E-state index is 0.115. The van der Waals surface area contributed by atoms with Crippen molar-refractivity contribution < 1.29 is 19.6 Å². The molecule has 0 spiro atoms. The molecule has 0 aliphatic rings. The van der Waals surface area contributed by atoms with Gasteiger partial charge in [-0.2, -0.15) is 0 Å². The molecule has 0 heterocycles. The van der Waals surface area contributed by atoms with Gasteiger partial charge in [0.15, 0.2) is 0 Å². The molecule has 1 aromatic rings. The molecule has 0 aliphatic heterocycles. The third kappa shape index (κ3) is 6.51. The van der Waals surface area contributed by atoms with Crippen molar-refractivity contribution in [2.24, 2.45) is 0 Å². The van der Waals surface area contributed by atoms with Crippen LogP contribution in [0.25, 0.3) is 0 Å². The lowest BCUT2D eigenvalue weighted by Gasteiger charge is -2.05. The quantitative estimate of drug-likeness (QED) is 0.413. The highest BCUT2D eigenvalue weighted by Crippen LogP contribution is 2.12. The van der Waals surface area contributed by atoms with Crippen LogP contribution in [0.5, 0.6) is 0 Å². The molecule has 1 aromatic carbocycles. The van der Waals surface area contributed by atoms with Crippen LogP contribution in [0.1, 0.15) is 42.5 Å². The predicted octanol–water partition coefficient (Wildman–Crippen LogP) is 2.36. The number of hydrogen-bond donors (Lipinski definition) is 2. The number of carboxylic acid groups (broad SMARTS) is 1. The lowest BCUT2D eigenvalue weighted by molar-refractivity contribution is -0.384. The second-order valence-corrected chi connectivity index (χ2v) is 4.62. The first-order valence-electron chi connectivity index (χ1n) is 6.75. The summed E-state index contributed by atoms with van der Waals surface area (Å²) < 4.78 is 0. The van der Waals surface area contributed by atoms with Gasteiger partial charge < -0.3 is 10.4 Å². The molecule has 0 bridgehead atoms. The van der Waals surface area contributed by atoms with Crippen LogP contribution in [0.15, 0.2) is 24.3 Å². The van der Waals surface area contributed by atoms with Gasteiger partial charge in [-0.3, -0.25) is 19.7 Å². The molecular weight excluding hydrogens is 276 g/mol. The third-order valence-corrected chi connectivity index (χ3v) is 2.92. The van der Waals surface area contributed by atoms with Crippen molar-refractivity contribution in [3.63, 3.8) is 0 Å². The average Bonchev–Trinajstić information content (AvgIpc) is 2.45. The van der Waals surface area contributed by atoms with E-state index in [4.69, 9.17) is 5.11 Å². The molecule has 0 atom stereocenters. The maximum atomic E-state index is 11.8. The van der Waals surface area contributed by atoms with Crippen LogP contribution >= 0.6 is 0 Å². The molecule has 0 fully saturated rings. The molecule has 21 heavy (non-hydrogen) atoms. The van der Waals surface area contributed by atoms with Gasteiger partial charge in [0.05, 0.1) is 4.92 Å². The molecule has 0 aliphatic carbocycles. The zero-order chi connectivity index (χ0) is 15.7. The second-order valence-electron chi connectivity index (χ2n) is 4.62. The van der Waals surface area contributed by atoms with Crippen molar-refractivity contribution in [2.45, 2.75) is 32.1 Å². The first-order valence-corrected chi connectivity index (χ1v) is 6.75. The molecule has 114 valence electrons. The first kappa shape index (κ1) is 16.6. The predicted molar refractivity (Wildman–Crippen MR) is 76.2 cm³/mol. The summed E-state index contributed by atoms with van der Waals surface area (Å²) in [6, 6.07) is 5.57. The zero-order valence-corrected chi connectivity index (χ0v) is 11.6. The molecule has 1 amide bonds. The summed E-state index contributed by atoms with van der Waals surface area (Å²) in [5, 5.41) is 21.8. The fourth-order valence-corrected chi connectivity index (χ4v) is 1.82. The number of amides is 1. The number of carbonyl (C=O) groups excluding carboxylic acids is 1. The van der Waals surface area contributed by atoms with Crippen molar-refractivity contribution in [1.29, 1.82) is 0 Å². The van der Waals surface area contributed by atoms with E-state index in [1.807, 2.05) is 0 Å². The molecule has 0 unspecified atom stereocenters. The number of hydrogen-bond acceptors (Lipinski definition) is 4. The number of nitro benzene ring substituents is 1. The average molecular weight is 294 g/mol. The molecule has 0 saturated carbocycles. The number of non-ortho nitro benzene ring substituents is 1. The number of nitro groups is 1. The van der Waals surface area contributed by atoms with Gasteiger partial charge in [-0.15, -0.1) is 0 Å². The second kappa shape index (κ2) is 8.68. The maximum Gasteiger partial charge on any atom is 0.303 e. The van der Waals surface area contributed by atoms with Crippen LogP contribution in [0.2, 0.25) is 0 Å². The van der Waals surface area contributed by atoms with Crippen LogP contribution in [0.3, 0.4) is 0 Å². The molecule has 2 N–H and O–H groups in total. The van der Waals surface area contributed by atoms with Crippen molar-refractivity contribution >= 4 is 17.6 Å². The lowest BCUT2D eigenvalue weighted by atomic mass is 10.1. The van der Waals surface area contributed by atoms with Crippen LogP contribution in [-0.2, 0) is 4.79 Å². The number of unbranched alkanes of at least 4 members (excludes halogenated alkanes) is 3. The highest BCUT2D eigenvalue weighted by molar-refractivity contribution is 5.94. The third-order valence-electron chi connectivity index (χ3n) is 2.92. The van der Waals surface area contributed by atoms with Crippen LogP contribution in [-0.4, -0.2) is 28.5 Å². The van der Waals surface area contributed by atoms with Gasteiger partial charge in [0.1, 0.15) is 0 Å². The van der Waals surface area contributed by atoms with E-state index in [2.05, 4.69) is 5.32 Å². The Bertz CT molecular complexity index is 516. The number of carboxylic acids is 1. The molecule has 1 rings (SSSR count). The van der Waals surface area contributed by atoms with Crippen molar-refractivity contribution in [1.82, 2.24) is 5.32 Å². The Balaban J connectivity index is 2.26. The van der Waals surface area contributed by atoms with Gasteiger partial charge in [0, 0.05) is 30.7 Å². The van der Waals surface area contributed by atoms with Gasteiger partial charge in [-0.05, 0) is 18.9 Å². The normalized spacial score (nSPS) is 10.1. The number of benzene rings is 1. The Hall–Kier alpha value is -2.44. The largest absolute Gasteiger partial charge is 0.481 e. The Kier molecular flexibility index (Phi) is 6.86. The highest BCUT2D eigenvalue weighted by Gasteiger charge is 2.10. The Morgan fingerprint density at radius 2 is 1.90 bits per heavy atom. The maximum absolute atomic E-state index is 11.8. The minimum Gasteiger partial charge on any atom is -0.481 e. The lowest BCUT2D eigenvalue weighted by Crippen LogP contribution is -2.24. The van der Waals surface area contributed by atoms with E-state index in [1.165, 1.54) is 24.3 Å². The van der Waals surface area contributed by atoms with E-state index < -0.39 is 10.9 Å². The standard InChI is InChI=1S/C14H18N2O5/c17-13(18)8-3-1-2-4-9-15-14(19)11-6-5-7-12(10-11)16(20)21/h5-7,10H,1-4,8-9H2,(H,15,19)(H,17,18). The van der Waals surface area contributed by atoms with E-state index in [9.17, 15) is 19.7 Å². The zero-order valence-electron chi connectivity index (χ0n) is 11.6. The van der Waals surface area contributed by atoms with Gasteiger partial charge in [-0.25, -0.2) is 0 Å². The number of nitrogens with one attached hydrogen (secondary N) is 1. The van der Waals surface area contributed by atoms with E-state index in [-0.39, 0.29) is 23.6 Å². The summed E-state index contributed by atoms with van der Waals surface area (Å²) in [5.41, 5.74) is 0.145. The highest BCUT2D eigenvalue weighted by atomic mass is 16.6. The van der Waals surface area contributed by atoms with Crippen LogP contribution in [0, 0.1) is 10.1 Å². The fourth-order valence-electron chi connectivity index (χ4n) is 1.82. The molecular formula is C14H18N2O5. The van der Waals surface area contributed by atoms with Crippen LogP contribution in [0.4, 0.5) is 5.69 Å². The van der Waals surface area contributed by atoms with Gasteiger partial charge in [0.2, 0.25) is 0 Å². The summed E-state index contributed by atoms with van der Waals surface area (Å²) in [5.74, 6) is -1.14. The smallest absolute Gasteiger partial charge is 0.303 e. The number of aliphatic carboxylic acids is 1. The summed E-state index contributed by atoms with van der Waals surface area (Å²) in [4.78, 5) is 32.2. The van der Waals surface area contributed by atoms with Crippen molar-refractivity contribution in [2.75, 3.05) is 6.54 Å². The van der Waals surface area contributed by atoms with Gasteiger partial charge in [0.25, 0.3) is 11.6 Å². The monoisotopic (exact) mass is 294 g/mol. The number of carbonyl (C=O) groups is 2. The molecule has 0 radical (unpaired) electrons. The van der Waals surface area contributed by atoms with E-state index in [0.717, 1.165) is 19.3 Å². The summed E-state index contributed by atoms with van der Waals surface area (Å²) in [7, 11) is 0. The number of rotatable bonds is 9. The van der Waals surface area contributed by atoms with Crippen molar-refractivity contribution in [3.8, 4) is 0 Å². The molecule has 7 heteroatoms. The topological polar surface area (TPSA) is 110 Å². The summed E-state index contributed by atoms with van der Waals surface area (Å²) in [6.45, 7) is 0.467. The van der Waals surface area contributed by atoms with Gasteiger partial charge in [-0.1, -0.05) is 18.9 Å². The fraction of sp³-hybridized carbons (Fsp3) is 0.429.